The molecule has 0 unspecified atom stereocenters. The van der Waals surface area contributed by atoms with Crippen molar-refractivity contribution in [2.75, 3.05) is 29.0 Å². The molecular formula is C21H23ClN4O4S3. The van der Waals surface area contributed by atoms with Gasteiger partial charge in [-0.1, -0.05) is 66.7 Å². The van der Waals surface area contributed by atoms with Gasteiger partial charge < -0.3 is 4.74 Å². The molecule has 8 nitrogen and oxygen atoms in total. The Bertz CT molecular complexity index is 1200. The zero-order valence-corrected chi connectivity index (χ0v) is 21.4. The summed E-state index contributed by atoms with van der Waals surface area (Å²) < 4.78 is 33.6. The molecule has 0 atom stereocenters. The largest absolute Gasteiger partial charge is 0.495 e. The number of hydrogen-bond donors (Lipinski definition) is 1. The summed E-state index contributed by atoms with van der Waals surface area (Å²) in [5.41, 5.74) is 0.227. The minimum absolute atomic E-state index is 0.0491. The molecule has 1 aromatic heterocycles. The van der Waals surface area contributed by atoms with E-state index in [-0.39, 0.29) is 15.6 Å². The fraction of sp³-hybridized carbons (Fsp3) is 0.286. The lowest BCUT2D eigenvalue weighted by molar-refractivity contribution is -0.114. The number of anilines is 2. The lowest BCUT2D eigenvalue weighted by Crippen LogP contribution is -2.38. The van der Waals surface area contributed by atoms with Crippen molar-refractivity contribution in [1.29, 1.82) is 0 Å². The number of ether oxygens (including phenoxy) is 1. The highest BCUT2D eigenvalue weighted by Crippen LogP contribution is 2.32. The predicted molar refractivity (Wildman–Crippen MR) is 133 cm³/mol. The molecule has 12 heteroatoms. The van der Waals surface area contributed by atoms with Crippen molar-refractivity contribution in [2.45, 2.75) is 23.1 Å². The van der Waals surface area contributed by atoms with Gasteiger partial charge in [0, 0.05) is 5.75 Å². The molecule has 176 valence electrons. The molecule has 1 amide bonds. The van der Waals surface area contributed by atoms with Gasteiger partial charge in [-0.3, -0.25) is 14.4 Å². The zero-order valence-electron chi connectivity index (χ0n) is 18.2. The Balaban J connectivity index is 1.85. The van der Waals surface area contributed by atoms with Crippen LogP contribution >= 0.6 is 34.7 Å². The first-order valence-corrected chi connectivity index (χ1v) is 13.5. The van der Waals surface area contributed by atoms with E-state index in [4.69, 9.17) is 16.3 Å². The van der Waals surface area contributed by atoms with E-state index in [1.54, 1.807) is 36.0 Å². The lowest BCUT2D eigenvalue weighted by Gasteiger charge is -2.24. The van der Waals surface area contributed by atoms with Gasteiger partial charge in [0.1, 0.15) is 12.3 Å². The SMILES string of the molecule is COc1ccc(N(CC(=O)Nc2nnc(SCC(C)C)s2)S(=O)(=O)c2ccccc2)cc1Cl. The van der Waals surface area contributed by atoms with Gasteiger partial charge in [-0.15, -0.1) is 10.2 Å². The molecule has 0 aliphatic carbocycles. The summed E-state index contributed by atoms with van der Waals surface area (Å²) in [6.45, 7) is 3.72. The van der Waals surface area contributed by atoms with Crippen molar-refractivity contribution in [3.63, 3.8) is 0 Å². The molecule has 0 saturated heterocycles. The van der Waals surface area contributed by atoms with Crippen molar-refractivity contribution in [3.8, 4) is 5.75 Å². The number of hydrogen-bond acceptors (Lipinski definition) is 8. The first-order valence-electron chi connectivity index (χ1n) is 9.88. The van der Waals surface area contributed by atoms with E-state index in [1.165, 1.54) is 42.7 Å². The highest BCUT2D eigenvalue weighted by molar-refractivity contribution is 8.01. The van der Waals surface area contributed by atoms with Gasteiger partial charge in [0.05, 0.1) is 22.7 Å². The van der Waals surface area contributed by atoms with Crippen LogP contribution in [0.5, 0.6) is 5.75 Å². The monoisotopic (exact) mass is 526 g/mol. The third kappa shape index (κ3) is 6.59. The number of amides is 1. The summed E-state index contributed by atoms with van der Waals surface area (Å²) in [5, 5.41) is 11.2. The van der Waals surface area contributed by atoms with Crippen LogP contribution in [0.1, 0.15) is 13.8 Å². The summed E-state index contributed by atoms with van der Waals surface area (Å²) in [5.74, 6) is 1.20. The number of methoxy groups -OCH3 is 1. The van der Waals surface area contributed by atoms with Gasteiger partial charge >= 0.3 is 0 Å². The fourth-order valence-corrected chi connectivity index (χ4v) is 6.12. The standard InChI is InChI=1S/C21H23ClN4O4S3/c1-14(2)13-31-21-25-24-20(32-21)23-19(27)12-26(15-9-10-18(30-3)17(22)11-15)33(28,29)16-7-5-4-6-8-16/h4-11,14H,12-13H2,1-3H3,(H,23,24,27). The van der Waals surface area contributed by atoms with E-state index in [1.807, 2.05) is 0 Å². The number of sulfonamides is 1. The second-order valence-electron chi connectivity index (χ2n) is 7.27. The smallest absolute Gasteiger partial charge is 0.264 e. The molecule has 0 radical (unpaired) electrons. The molecule has 0 fully saturated rings. The number of thioether (sulfide) groups is 1. The Hall–Kier alpha value is -2.34. The van der Waals surface area contributed by atoms with E-state index in [9.17, 15) is 13.2 Å². The number of nitrogens with one attached hydrogen (secondary N) is 1. The second kappa shape index (κ2) is 11.2. The highest BCUT2D eigenvalue weighted by atomic mass is 35.5. The molecule has 0 aliphatic heterocycles. The number of aromatic nitrogens is 2. The van der Waals surface area contributed by atoms with Crippen LogP contribution < -0.4 is 14.4 Å². The van der Waals surface area contributed by atoms with Gasteiger partial charge in [0.25, 0.3) is 10.0 Å². The number of benzene rings is 2. The first-order chi connectivity index (χ1) is 15.7. The molecule has 2 aromatic carbocycles. The predicted octanol–water partition coefficient (Wildman–Crippen LogP) is 4.78. The van der Waals surface area contributed by atoms with Crippen molar-refractivity contribution < 1.29 is 17.9 Å². The number of nitrogens with zero attached hydrogens (tertiary/aromatic N) is 3. The molecule has 0 aliphatic rings. The molecule has 1 N–H and O–H groups in total. The maximum absolute atomic E-state index is 13.4. The Morgan fingerprint density at radius 2 is 1.94 bits per heavy atom. The minimum Gasteiger partial charge on any atom is -0.495 e. The zero-order chi connectivity index (χ0) is 24.0. The second-order valence-corrected chi connectivity index (χ2v) is 11.8. The maximum atomic E-state index is 13.4. The molecular weight excluding hydrogens is 504 g/mol. The summed E-state index contributed by atoms with van der Waals surface area (Å²) in [6.07, 6.45) is 0. The van der Waals surface area contributed by atoms with E-state index < -0.39 is 22.5 Å². The van der Waals surface area contributed by atoms with Gasteiger partial charge in [0.2, 0.25) is 11.0 Å². The highest BCUT2D eigenvalue weighted by Gasteiger charge is 2.28. The maximum Gasteiger partial charge on any atom is 0.264 e. The molecule has 0 spiro atoms. The number of carbonyl (C=O) groups is 1. The van der Waals surface area contributed by atoms with Crippen LogP contribution in [0, 0.1) is 5.92 Å². The van der Waals surface area contributed by atoms with Crippen LogP contribution in [0.15, 0.2) is 57.8 Å². The third-order valence-corrected chi connectivity index (χ3v) is 8.72. The van der Waals surface area contributed by atoms with Gasteiger partial charge in [-0.2, -0.15) is 0 Å². The van der Waals surface area contributed by atoms with Gasteiger partial charge in [-0.05, 0) is 36.2 Å². The minimum atomic E-state index is -4.05. The van der Waals surface area contributed by atoms with Gasteiger partial charge in [0.15, 0.2) is 4.34 Å². The van der Waals surface area contributed by atoms with Crippen LogP contribution in [0.3, 0.4) is 0 Å². The Morgan fingerprint density at radius 1 is 1.21 bits per heavy atom. The van der Waals surface area contributed by atoms with Crippen molar-refractivity contribution in [2.24, 2.45) is 5.92 Å². The molecule has 3 aromatic rings. The van der Waals surface area contributed by atoms with Crippen LogP contribution in [-0.4, -0.2) is 43.9 Å². The van der Waals surface area contributed by atoms with Crippen LogP contribution in [-0.2, 0) is 14.8 Å². The Morgan fingerprint density at radius 3 is 2.58 bits per heavy atom. The average Bonchev–Trinajstić information content (AvgIpc) is 3.23. The quantitative estimate of drug-likeness (QED) is 0.299. The Kier molecular flexibility index (Phi) is 8.57. The van der Waals surface area contributed by atoms with Crippen LogP contribution in [0.25, 0.3) is 0 Å². The number of halogens is 1. The molecule has 0 bridgehead atoms. The summed E-state index contributed by atoms with van der Waals surface area (Å²) in [6, 6.07) is 12.4. The number of carbonyl (C=O) groups excluding carboxylic acids is 1. The van der Waals surface area contributed by atoms with E-state index in [0.717, 1.165) is 14.4 Å². The lowest BCUT2D eigenvalue weighted by atomic mass is 10.3. The third-order valence-electron chi connectivity index (χ3n) is 4.23. The van der Waals surface area contributed by atoms with E-state index >= 15 is 0 Å². The summed E-state index contributed by atoms with van der Waals surface area (Å²) in [7, 11) is -2.59. The average molecular weight is 527 g/mol. The summed E-state index contributed by atoms with van der Waals surface area (Å²) >= 11 is 9.02. The Labute approximate surface area is 206 Å². The molecule has 1 heterocycles. The molecule has 33 heavy (non-hydrogen) atoms. The van der Waals surface area contributed by atoms with E-state index in [0.29, 0.717) is 16.8 Å². The van der Waals surface area contributed by atoms with E-state index in [2.05, 4.69) is 29.4 Å². The fourth-order valence-electron chi connectivity index (χ4n) is 2.69. The number of rotatable bonds is 10. The molecule has 3 rings (SSSR count). The first kappa shape index (κ1) is 25.3. The molecule has 0 saturated carbocycles. The van der Waals surface area contributed by atoms with Crippen molar-refractivity contribution in [1.82, 2.24) is 10.2 Å². The van der Waals surface area contributed by atoms with Gasteiger partial charge in [-0.25, -0.2) is 8.42 Å². The normalized spacial score (nSPS) is 11.4. The topological polar surface area (TPSA) is 101 Å². The van der Waals surface area contributed by atoms with Crippen molar-refractivity contribution in [3.05, 3.63) is 53.6 Å². The summed E-state index contributed by atoms with van der Waals surface area (Å²) in [4.78, 5) is 12.9. The van der Waals surface area contributed by atoms with Crippen LogP contribution in [0.2, 0.25) is 5.02 Å². The van der Waals surface area contributed by atoms with Crippen LogP contribution in [0.4, 0.5) is 10.8 Å². The van der Waals surface area contributed by atoms with Crippen molar-refractivity contribution >= 4 is 61.4 Å².